The Morgan fingerprint density at radius 2 is 1.88 bits per heavy atom. The predicted octanol–water partition coefficient (Wildman–Crippen LogP) is 4.82. The quantitative estimate of drug-likeness (QED) is 0.515. The van der Waals surface area contributed by atoms with Gasteiger partial charge in [0.25, 0.3) is 11.8 Å². The van der Waals surface area contributed by atoms with Crippen LogP contribution >= 0.6 is 0 Å². The number of carbonyl (C=O) groups excluding carboxylic acids is 2. The SMILES string of the molecule is C=CCCn1c(C(=O)N2CCN(C(=O)c3ccc(C(F)(F)F)cc3)[C@@H](C)C2)cc2ccoc21. The van der Waals surface area contributed by atoms with Gasteiger partial charge in [-0.25, -0.2) is 0 Å². The molecule has 0 bridgehead atoms. The van der Waals surface area contributed by atoms with Crippen molar-refractivity contribution in [1.29, 1.82) is 0 Å². The molecule has 0 aliphatic carbocycles. The molecule has 0 radical (unpaired) electrons. The number of halogens is 3. The Morgan fingerprint density at radius 3 is 2.52 bits per heavy atom. The Morgan fingerprint density at radius 1 is 1.15 bits per heavy atom. The molecule has 1 aromatic carbocycles. The Balaban J connectivity index is 1.48. The molecule has 4 rings (SSSR count). The second-order valence-electron chi connectivity index (χ2n) is 8.11. The topological polar surface area (TPSA) is 58.7 Å². The summed E-state index contributed by atoms with van der Waals surface area (Å²) in [6.45, 7) is 7.05. The zero-order valence-electron chi connectivity index (χ0n) is 18.1. The third kappa shape index (κ3) is 4.40. The van der Waals surface area contributed by atoms with Gasteiger partial charge in [0.2, 0.25) is 5.71 Å². The number of furan rings is 1. The van der Waals surface area contributed by atoms with Gasteiger partial charge in [-0.15, -0.1) is 6.58 Å². The molecule has 2 aromatic heterocycles. The number of amides is 2. The first kappa shape index (κ1) is 22.7. The van der Waals surface area contributed by atoms with Gasteiger partial charge in [0, 0.05) is 43.2 Å². The Kier molecular flexibility index (Phi) is 6.05. The van der Waals surface area contributed by atoms with Crippen LogP contribution in [0.25, 0.3) is 11.1 Å². The maximum Gasteiger partial charge on any atom is 0.416 e. The van der Waals surface area contributed by atoms with Crippen molar-refractivity contribution in [3.8, 4) is 0 Å². The summed E-state index contributed by atoms with van der Waals surface area (Å²) in [5.74, 6) is -0.505. The van der Waals surface area contributed by atoms with E-state index in [4.69, 9.17) is 4.42 Å². The lowest BCUT2D eigenvalue weighted by molar-refractivity contribution is -0.137. The van der Waals surface area contributed by atoms with Crippen LogP contribution in [0.3, 0.4) is 0 Å². The van der Waals surface area contributed by atoms with Crippen molar-refractivity contribution in [3.05, 3.63) is 72.1 Å². The molecule has 1 saturated heterocycles. The second-order valence-corrected chi connectivity index (χ2v) is 8.11. The van der Waals surface area contributed by atoms with E-state index in [9.17, 15) is 22.8 Å². The molecular weight excluding hydrogens is 435 g/mol. The van der Waals surface area contributed by atoms with Crippen LogP contribution in [0.15, 0.2) is 59.7 Å². The van der Waals surface area contributed by atoms with E-state index < -0.39 is 11.7 Å². The molecule has 2 amide bonds. The minimum atomic E-state index is -4.45. The first-order valence-electron chi connectivity index (χ1n) is 10.7. The third-order valence-electron chi connectivity index (χ3n) is 5.91. The van der Waals surface area contributed by atoms with Crippen molar-refractivity contribution in [3.63, 3.8) is 0 Å². The summed E-state index contributed by atoms with van der Waals surface area (Å²) in [7, 11) is 0. The van der Waals surface area contributed by atoms with Gasteiger partial charge in [-0.1, -0.05) is 6.08 Å². The highest BCUT2D eigenvalue weighted by Crippen LogP contribution is 2.29. The van der Waals surface area contributed by atoms with Gasteiger partial charge in [0.1, 0.15) is 5.69 Å². The van der Waals surface area contributed by atoms with Crippen molar-refractivity contribution in [2.24, 2.45) is 0 Å². The number of fused-ring (bicyclic) bond motifs is 1. The number of rotatable bonds is 5. The summed E-state index contributed by atoms with van der Waals surface area (Å²) in [5, 5.41) is 0.839. The van der Waals surface area contributed by atoms with E-state index in [1.807, 2.05) is 11.5 Å². The monoisotopic (exact) mass is 459 g/mol. The van der Waals surface area contributed by atoms with Crippen molar-refractivity contribution in [1.82, 2.24) is 14.4 Å². The molecule has 6 nitrogen and oxygen atoms in total. The summed E-state index contributed by atoms with van der Waals surface area (Å²) in [6, 6.07) is 7.51. The van der Waals surface area contributed by atoms with Gasteiger partial charge >= 0.3 is 6.18 Å². The van der Waals surface area contributed by atoms with Gasteiger partial charge in [0.15, 0.2) is 0 Å². The smallest absolute Gasteiger partial charge is 0.416 e. The van der Waals surface area contributed by atoms with Crippen LogP contribution in [0.5, 0.6) is 0 Å². The van der Waals surface area contributed by atoms with Crippen LogP contribution in [0, 0.1) is 0 Å². The fourth-order valence-electron chi connectivity index (χ4n) is 4.17. The van der Waals surface area contributed by atoms with Gasteiger partial charge in [0.05, 0.1) is 11.8 Å². The van der Waals surface area contributed by atoms with Gasteiger partial charge < -0.3 is 18.8 Å². The van der Waals surface area contributed by atoms with Gasteiger partial charge in [-0.05, 0) is 49.7 Å². The summed E-state index contributed by atoms with van der Waals surface area (Å²) in [5.41, 5.74) is 0.534. The second kappa shape index (κ2) is 8.80. The van der Waals surface area contributed by atoms with Gasteiger partial charge in [-0.3, -0.25) is 9.59 Å². The number of hydrogen-bond acceptors (Lipinski definition) is 3. The largest absolute Gasteiger partial charge is 0.448 e. The number of piperazine rings is 1. The van der Waals surface area contributed by atoms with Crippen molar-refractivity contribution < 1.29 is 27.2 Å². The fourth-order valence-corrected chi connectivity index (χ4v) is 4.17. The number of aromatic nitrogens is 1. The molecule has 0 N–H and O–H groups in total. The molecule has 0 unspecified atom stereocenters. The molecule has 1 atom stereocenters. The van der Waals surface area contributed by atoms with Crippen molar-refractivity contribution >= 4 is 22.9 Å². The number of alkyl halides is 3. The molecule has 3 heterocycles. The standard InChI is InChI=1S/C24H24F3N3O3/c1-3-4-10-30-20(14-18-9-13-33-23(18)30)22(32)28-11-12-29(16(2)15-28)21(31)17-5-7-19(8-6-17)24(25,26)27/h3,5-9,13-14,16H,1,4,10-12,15H2,2H3/t16-/m0/s1. The first-order valence-corrected chi connectivity index (χ1v) is 10.7. The number of benzene rings is 1. The van der Waals surface area contributed by atoms with Crippen LogP contribution in [0.2, 0.25) is 0 Å². The zero-order valence-corrected chi connectivity index (χ0v) is 18.1. The highest BCUT2D eigenvalue weighted by molar-refractivity contribution is 5.98. The highest BCUT2D eigenvalue weighted by atomic mass is 19.4. The third-order valence-corrected chi connectivity index (χ3v) is 5.91. The molecule has 1 aliphatic rings. The number of carbonyl (C=O) groups is 2. The average Bonchev–Trinajstić information content (AvgIpc) is 3.38. The van der Waals surface area contributed by atoms with E-state index in [1.165, 1.54) is 12.1 Å². The van der Waals surface area contributed by atoms with E-state index >= 15 is 0 Å². The zero-order chi connectivity index (χ0) is 23.8. The normalized spacial score (nSPS) is 16.9. The van der Waals surface area contributed by atoms with Crippen molar-refractivity contribution in [2.45, 2.75) is 32.1 Å². The van der Waals surface area contributed by atoms with Gasteiger partial charge in [-0.2, -0.15) is 13.2 Å². The summed E-state index contributed by atoms with van der Waals surface area (Å²) < 4.78 is 45.8. The molecular formula is C24H24F3N3O3. The minimum Gasteiger partial charge on any atom is -0.448 e. The van der Waals surface area contributed by atoms with Crippen LogP contribution in [-0.4, -0.2) is 51.9 Å². The summed E-state index contributed by atoms with van der Waals surface area (Å²) in [6.07, 6.45) is -0.421. The lowest BCUT2D eigenvalue weighted by Crippen LogP contribution is -2.55. The molecule has 0 saturated carbocycles. The lowest BCUT2D eigenvalue weighted by atomic mass is 10.1. The summed E-state index contributed by atoms with van der Waals surface area (Å²) in [4.78, 5) is 29.5. The van der Waals surface area contributed by atoms with Crippen LogP contribution in [-0.2, 0) is 12.7 Å². The van der Waals surface area contributed by atoms with Crippen LogP contribution in [0.1, 0.15) is 39.8 Å². The molecule has 33 heavy (non-hydrogen) atoms. The van der Waals surface area contributed by atoms with E-state index in [0.29, 0.717) is 37.5 Å². The molecule has 3 aromatic rings. The molecule has 174 valence electrons. The maximum atomic E-state index is 13.3. The molecule has 9 heteroatoms. The van der Waals surface area contributed by atoms with Crippen LogP contribution < -0.4 is 0 Å². The molecule has 1 aliphatic heterocycles. The lowest BCUT2D eigenvalue weighted by Gasteiger charge is -2.40. The van der Waals surface area contributed by atoms with Crippen molar-refractivity contribution in [2.75, 3.05) is 19.6 Å². The summed E-state index contributed by atoms with van der Waals surface area (Å²) >= 11 is 0. The Bertz CT molecular complexity index is 1180. The number of hydrogen-bond donors (Lipinski definition) is 0. The Hall–Kier alpha value is -3.49. The maximum absolute atomic E-state index is 13.3. The minimum absolute atomic E-state index is 0.154. The Labute approximate surface area is 188 Å². The van der Waals surface area contributed by atoms with Crippen LogP contribution in [0.4, 0.5) is 13.2 Å². The fraction of sp³-hybridized carbons (Fsp3) is 0.333. The molecule has 1 fully saturated rings. The number of allylic oxidation sites excluding steroid dienone is 1. The predicted molar refractivity (Wildman–Crippen MR) is 117 cm³/mol. The van der Waals surface area contributed by atoms with E-state index in [2.05, 4.69) is 6.58 Å². The van der Waals surface area contributed by atoms with E-state index in [1.54, 1.807) is 34.3 Å². The first-order chi connectivity index (χ1) is 15.7. The number of nitrogens with zero attached hydrogens (tertiary/aromatic N) is 3. The number of aryl methyl sites for hydroxylation is 1. The average molecular weight is 459 g/mol. The van der Waals surface area contributed by atoms with E-state index in [0.717, 1.165) is 17.5 Å². The molecule has 0 spiro atoms. The van der Waals surface area contributed by atoms with E-state index in [-0.39, 0.29) is 30.0 Å². The highest BCUT2D eigenvalue weighted by Gasteiger charge is 2.33.